The Kier molecular flexibility index (Phi) is 2.23. The molecule has 25 heavy (non-hydrogen) atoms. The lowest BCUT2D eigenvalue weighted by atomic mass is 9.80. The summed E-state index contributed by atoms with van der Waals surface area (Å²) in [7, 11) is 0. The molecule has 1 heteroatoms. The van der Waals surface area contributed by atoms with Crippen LogP contribution in [0.5, 0.6) is 0 Å². The van der Waals surface area contributed by atoms with Gasteiger partial charge < -0.3 is 0 Å². The van der Waals surface area contributed by atoms with Gasteiger partial charge in [-0.05, 0) is 55.8 Å². The Labute approximate surface area is 147 Å². The molecule has 0 aliphatic heterocycles. The molecule has 118 valence electrons. The summed E-state index contributed by atoms with van der Waals surface area (Å²) in [5, 5.41) is 2.71. The Hall–Kier alpha value is -2.93. The first-order chi connectivity index (χ1) is 12.2. The molecular formula is C24H17N. The van der Waals surface area contributed by atoms with Crippen molar-refractivity contribution >= 4 is 10.8 Å². The molecule has 3 aromatic carbocycles. The van der Waals surface area contributed by atoms with Gasteiger partial charge in [0, 0.05) is 23.4 Å². The summed E-state index contributed by atoms with van der Waals surface area (Å²) < 4.78 is 0. The molecule has 6 rings (SSSR count). The topological polar surface area (TPSA) is 12.9 Å². The number of aromatic nitrogens is 1. The van der Waals surface area contributed by atoms with Gasteiger partial charge in [-0.2, -0.15) is 0 Å². The van der Waals surface area contributed by atoms with Gasteiger partial charge in [0.05, 0.1) is 0 Å². The standard InChI is InChI=1S/C24H17N/c1-24(2)19-8-4-7-17-18-13-25-12-11-15(18)16-6-3-5-14-9-10-20(24)23(21(14)16)22(17)19/h3-13H,1-2H3. The molecule has 0 bridgehead atoms. The molecule has 0 saturated heterocycles. The molecule has 1 nitrogen and oxygen atoms in total. The monoisotopic (exact) mass is 319 g/mol. The summed E-state index contributed by atoms with van der Waals surface area (Å²) in [6.45, 7) is 4.70. The van der Waals surface area contributed by atoms with Crippen molar-refractivity contribution in [3.63, 3.8) is 0 Å². The molecule has 4 aromatic rings. The average Bonchev–Trinajstić information content (AvgIpc) is 2.80. The fourth-order valence-corrected chi connectivity index (χ4v) is 4.94. The van der Waals surface area contributed by atoms with Crippen molar-refractivity contribution in [2.45, 2.75) is 19.3 Å². The zero-order valence-corrected chi connectivity index (χ0v) is 14.3. The minimum Gasteiger partial charge on any atom is -0.264 e. The van der Waals surface area contributed by atoms with E-state index >= 15 is 0 Å². The summed E-state index contributed by atoms with van der Waals surface area (Å²) >= 11 is 0. The van der Waals surface area contributed by atoms with E-state index in [1.54, 1.807) is 0 Å². The first-order valence-electron chi connectivity index (χ1n) is 8.83. The second-order valence-corrected chi connectivity index (χ2v) is 7.67. The van der Waals surface area contributed by atoms with E-state index in [9.17, 15) is 0 Å². The first kappa shape index (κ1) is 13.4. The molecule has 0 radical (unpaired) electrons. The van der Waals surface area contributed by atoms with Crippen molar-refractivity contribution in [2.24, 2.45) is 0 Å². The van der Waals surface area contributed by atoms with Crippen molar-refractivity contribution in [3.8, 4) is 33.4 Å². The SMILES string of the molecule is CC1(C)c2cccc3c2-c2c1ccc1cccc(c21)-c1ccncc1-3. The third kappa shape index (κ3) is 1.44. The van der Waals surface area contributed by atoms with Gasteiger partial charge in [-0.25, -0.2) is 0 Å². The van der Waals surface area contributed by atoms with Crippen LogP contribution in [-0.4, -0.2) is 4.98 Å². The highest BCUT2D eigenvalue weighted by molar-refractivity contribution is 6.16. The van der Waals surface area contributed by atoms with Gasteiger partial charge in [0.2, 0.25) is 0 Å². The predicted octanol–water partition coefficient (Wildman–Crippen LogP) is 6.19. The second-order valence-electron chi connectivity index (χ2n) is 7.67. The zero-order chi connectivity index (χ0) is 16.8. The number of hydrogen-bond donors (Lipinski definition) is 0. The van der Waals surface area contributed by atoms with Crippen molar-refractivity contribution in [1.29, 1.82) is 0 Å². The van der Waals surface area contributed by atoms with Gasteiger partial charge in [0.25, 0.3) is 0 Å². The van der Waals surface area contributed by atoms with Crippen LogP contribution in [0.3, 0.4) is 0 Å². The Morgan fingerprint density at radius 1 is 0.680 bits per heavy atom. The molecule has 2 aliphatic carbocycles. The lowest BCUT2D eigenvalue weighted by Gasteiger charge is -2.23. The van der Waals surface area contributed by atoms with E-state index in [1.165, 1.54) is 55.3 Å². The van der Waals surface area contributed by atoms with Crippen LogP contribution in [0, 0.1) is 0 Å². The summed E-state index contributed by atoms with van der Waals surface area (Å²) in [4.78, 5) is 4.45. The van der Waals surface area contributed by atoms with Crippen molar-refractivity contribution in [2.75, 3.05) is 0 Å². The fraction of sp³-hybridized carbons (Fsp3) is 0.125. The minimum absolute atomic E-state index is 0.0295. The Morgan fingerprint density at radius 3 is 2.40 bits per heavy atom. The van der Waals surface area contributed by atoms with Gasteiger partial charge >= 0.3 is 0 Å². The van der Waals surface area contributed by atoms with E-state index in [1.807, 2.05) is 12.4 Å². The molecule has 0 N–H and O–H groups in total. The number of pyridine rings is 1. The lowest BCUT2D eigenvalue weighted by Crippen LogP contribution is -2.15. The summed E-state index contributed by atoms with van der Waals surface area (Å²) in [6.07, 6.45) is 3.94. The van der Waals surface area contributed by atoms with Crippen LogP contribution in [0.2, 0.25) is 0 Å². The van der Waals surface area contributed by atoms with Crippen molar-refractivity contribution in [3.05, 3.63) is 78.1 Å². The van der Waals surface area contributed by atoms with E-state index in [-0.39, 0.29) is 5.41 Å². The van der Waals surface area contributed by atoms with Gasteiger partial charge in [0.15, 0.2) is 0 Å². The highest BCUT2D eigenvalue weighted by Crippen LogP contribution is 2.58. The quantitative estimate of drug-likeness (QED) is 0.332. The molecule has 1 heterocycles. The number of hydrogen-bond acceptors (Lipinski definition) is 1. The third-order valence-electron chi connectivity index (χ3n) is 6.11. The highest BCUT2D eigenvalue weighted by atomic mass is 14.6. The van der Waals surface area contributed by atoms with E-state index in [4.69, 9.17) is 0 Å². The van der Waals surface area contributed by atoms with E-state index in [2.05, 4.69) is 73.4 Å². The van der Waals surface area contributed by atoms with Crippen LogP contribution in [0.15, 0.2) is 67.0 Å². The predicted molar refractivity (Wildman–Crippen MR) is 104 cm³/mol. The number of benzene rings is 3. The lowest BCUT2D eigenvalue weighted by molar-refractivity contribution is 0.661. The zero-order valence-electron chi connectivity index (χ0n) is 14.3. The van der Waals surface area contributed by atoms with Gasteiger partial charge in [0.1, 0.15) is 0 Å². The largest absolute Gasteiger partial charge is 0.264 e. The molecule has 0 amide bonds. The molecular weight excluding hydrogens is 302 g/mol. The number of fused-ring (bicyclic) bond motifs is 3. The van der Waals surface area contributed by atoms with Crippen LogP contribution in [-0.2, 0) is 5.41 Å². The maximum Gasteiger partial charge on any atom is 0.0352 e. The summed E-state index contributed by atoms with van der Waals surface area (Å²) in [5.41, 5.74) is 10.9. The summed E-state index contributed by atoms with van der Waals surface area (Å²) in [6, 6.07) is 20.2. The van der Waals surface area contributed by atoms with E-state index in [0.29, 0.717) is 0 Å². The van der Waals surface area contributed by atoms with Crippen LogP contribution < -0.4 is 0 Å². The fourth-order valence-electron chi connectivity index (χ4n) is 4.94. The van der Waals surface area contributed by atoms with Crippen LogP contribution >= 0.6 is 0 Å². The Bertz CT molecular complexity index is 1210. The molecule has 0 saturated carbocycles. The smallest absolute Gasteiger partial charge is 0.0352 e. The number of rotatable bonds is 0. The number of nitrogens with zero attached hydrogens (tertiary/aromatic N) is 1. The maximum atomic E-state index is 4.45. The van der Waals surface area contributed by atoms with Crippen LogP contribution in [0.25, 0.3) is 44.2 Å². The summed E-state index contributed by atoms with van der Waals surface area (Å²) in [5.74, 6) is 0. The van der Waals surface area contributed by atoms with Gasteiger partial charge in [-0.15, -0.1) is 0 Å². The average molecular weight is 319 g/mol. The van der Waals surface area contributed by atoms with Crippen molar-refractivity contribution in [1.82, 2.24) is 4.98 Å². The molecule has 2 aliphatic rings. The molecule has 0 unspecified atom stereocenters. The molecule has 1 aromatic heterocycles. The highest BCUT2D eigenvalue weighted by Gasteiger charge is 2.39. The maximum absolute atomic E-state index is 4.45. The van der Waals surface area contributed by atoms with E-state index < -0.39 is 0 Å². The first-order valence-corrected chi connectivity index (χ1v) is 8.83. The van der Waals surface area contributed by atoms with Crippen LogP contribution in [0.4, 0.5) is 0 Å². The van der Waals surface area contributed by atoms with Gasteiger partial charge in [-0.1, -0.05) is 62.4 Å². The minimum atomic E-state index is 0.0295. The Balaban J connectivity index is 1.99. The molecule has 0 spiro atoms. The van der Waals surface area contributed by atoms with Crippen LogP contribution in [0.1, 0.15) is 25.0 Å². The van der Waals surface area contributed by atoms with Gasteiger partial charge in [-0.3, -0.25) is 4.98 Å². The van der Waals surface area contributed by atoms with E-state index in [0.717, 1.165) is 0 Å². The molecule has 0 atom stereocenters. The normalized spacial score (nSPS) is 15.1. The Morgan fingerprint density at radius 2 is 1.48 bits per heavy atom. The second kappa shape index (κ2) is 4.18. The third-order valence-corrected chi connectivity index (χ3v) is 6.11. The van der Waals surface area contributed by atoms with Crippen molar-refractivity contribution < 1.29 is 0 Å². The molecule has 0 fully saturated rings.